The van der Waals surface area contributed by atoms with E-state index in [9.17, 15) is 23.3 Å². The van der Waals surface area contributed by atoms with Crippen molar-refractivity contribution in [2.24, 2.45) is 5.41 Å². The Bertz CT molecular complexity index is 2630. The Hall–Kier alpha value is -5.71. The fourth-order valence-electron chi connectivity index (χ4n) is 10.0. The van der Waals surface area contributed by atoms with Crippen molar-refractivity contribution in [2.45, 2.75) is 101 Å². The maximum absolute atomic E-state index is 14.0. The number of nitrogens with zero attached hydrogens (tertiary/aromatic N) is 4. The molecule has 1 spiro atoms. The number of anilines is 2. The Morgan fingerprint density at radius 1 is 1.05 bits per heavy atom. The number of ether oxygens (including phenoxy) is 3. The Balaban J connectivity index is 0.920. The zero-order valence-electron chi connectivity index (χ0n) is 36.1. The second-order valence-electron chi connectivity index (χ2n) is 18.1. The molecule has 16 heteroatoms. The first-order valence-electron chi connectivity index (χ1n) is 22.0. The van der Waals surface area contributed by atoms with E-state index >= 15 is 0 Å². The average Bonchev–Trinajstić information content (AvgIpc) is 3.94. The van der Waals surface area contributed by atoms with Crippen LogP contribution < -0.4 is 24.4 Å². The number of likely N-dealkylation sites (tertiary alicyclic amines) is 1. The summed E-state index contributed by atoms with van der Waals surface area (Å²) in [6.07, 6.45) is 10.2. The van der Waals surface area contributed by atoms with E-state index in [1.54, 1.807) is 24.4 Å². The SMILES string of the molecule is CC(C)OC[C@H]1COc2cc(S(=O)(=O)NC(=O)c3ccc(N4CCC5(CC4)CC(N4CCC[C@H]4c4ccccc4C(C)C)C5)cc3Oc3cnc4[nH]ccc4c3)cc([N+](=O)[O-])c2N1. The lowest BCUT2D eigenvalue weighted by atomic mass is 9.59. The van der Waals surface area contributed by atoms with E-state index in [0.717, 1.165) is 49.6 Å². The van der Waals surface area contributed by atoms with E-state index in [4.69, 9.17) is 14.2 Å². The molecule has 0 unspecified atom stereocenters. The number of piperidine rings is 1. The van der Waals surface area contributed by atoms with E-state index in [-0.39, 0.29) is 42.1 Å². The highest BCUT2D eigenvalue weighted by Gasteiger charge is 2.50. The number of hydrogen-bond acceptors (Lipinski definition) is 12. The van der Waals surface area contributed by atoms with Gasteiger partial charge in [-0.25, -0.2) is 18.1 Å². The van der Waals surface area contributed by atoms with E-state index in [1.165, 1.54) is 49.1 Å². The van der Waals surface area contributed by atoms with Crippen LogP contribution in [0.2, 0.25) is 0 Å². The number of nitro benzene ring substituents is 1. The summed E-state index contributed by atoms with van der Waals surface area (Å²) in [6, 6.07) is 20.5. The summed E-state index contributed by atoms with van der Waals surface area (Å²) >= 11 is 0. The third-order valence-corrected chi connectivity index (χ3v) is 14.6. The van der Waals surface area contributed by atoms with Crippen LogP contribution in [0.3, 0.4) is 0 Å². The summed E-state index contributed by atoms with van der Waals surface area (Å²) in [5, 5.41) is 16.0. The van der Waals surface area contributed by atoms with Gasteiger partial charge in [0.15, 0.2) is 11.4 Å². The van der Waals surface area contributed by atoms with Crippen molar-refractivity contribution >= 4 is 44.0 Å². The lowest BCUT2D eigenvalue weighted by Crippen LogP contribution is -2.54. The van der Waals surface area contributed by atoms with Gasteiger partial charge in [-0.15, -0.1) is 0 Å². The molecule has 3 fully saturated rings. The average molecular weight is 878 g/mol. The number of carbonyl (C=O) groups excluding carboxylic acids is 1. The van der Waals surface area contributed by atoms with Crippen molar-refractivity contribution in [3.63, 3.8) is 0 Å². The Kier molecular flexibility index (Phi) is 11.6. The minimum atomic E-state index is -4.64. The molecule has 2 atom stereocenters. The number of sulfonamides is 1. The van der Waals surface area contributed by atoms with Crippen molar-refractivity contribution in [3.05, 3.63) is 106 Å². The molecule has 5 aromatic rings. The number of rotatable bonds is 13. The van der Waals surface area contributed by atoms with Gasteiger partial charge in [0.2, 0.25) is 0 Å². The van der Waals surface area contributed by atoms with E-state index in [1.807, 2.05) is 26.0 Å². The number of carbonyl (C=O) groups is 1. The number of aromatic nitrogens is 2. The maximum Gasteiger partial charge on any atom is 0.297 e. The van der Waals surface area contributed by atoms with E-state index in [2.05, 4.69) is 67.9 Å². The number of fused-ring (bicyclic) bond motifs is 2. The molecule has 0 bridgehead atoms. The monoisotopic (exact) mass is 877 g/mol. The molecule has 1 aliphatic carbocycles. The third-order valence-electron chi connectivity index (χ3n) is 13.3. The smallest absolute Gasteiger partial charge is 0.297 e. The molecular formula is C47H55N7O8S. The van der Waals surface area contributed by atoms with Crippen molar-refractivity contribution in [1.82, 2.24) is 19.6 Å². The highest BCUT2D eigenvalue weighted by atomic mass is 32.2. The molecule has 1 amide bonds. The van der Waals surface area contributed by atoms with Crippen LogP contribution in [0.25, 0.3) is 11.0 Å². The first kappa shape index (κ1) is 42.6. The molecule has 15 nitrogen and oxygen atoms in total. The molecular weight excluding hydrogens is 823 g/mol. The van der Waals surface area contributed by atoms with Crippen molar-refractivity contribution in [1.29, 1.82) is 0 Å². The molecule has 2 aromatic heterocycles. The van der Waals surface area contributed by atoms with Crippen LogP contribution in [-0.4, -0.2) is 85.2 Å². The first-order valence-corrected chi connectivity index (χ1v) is 23.5. The minimum Gasteiger partial charge on any atom is -0.489 e. The summed E-state index contributed by atoms with van der Waals surface area (Å²) < 4.78 is 47.6. The summed E-state index contributed by atoms with van der Waals surface area (Å²) in [4.78, 5) is 37.6. The molecule has 1 saturated carbocycles. The normalized spacial score (nSPS) is 20.1. The number of nitro groups is 1. The maximum atomic E-state index is 14.0. The molecule has 3 aliphatic heterocycles. The number of nitrogens with one attached hydrogen (secondary N) is 3. The molecule has 4 aliphatic rings. The zero-order chi connectivity index (χ0) is 44.0. The Morgan fingerprint density at radius 2 is 1.84 bits per heavy atom. The van der Waals surface area contributed by atoms with Crippen molar-refractivity contribution < 1.29 is 32.3 Å². The van der Waals surface area contributed by atoms with Gasteiger partial charge in [-0.3, -0.25) is 19.8 Å². The van der Waals surface area contributed by atoms with Crippen LogP contribution in [0.5, 0.6) is 17.2 Å². The molecule has 3 N–H and O–H groups in total. The summed E-state index contributed by atoms with van der Waals surface area (Å²) in [7, 11) is -4.64. The fraction of sp³-hybridized carbons (Fsp3) is 0.447. The van der Waals surface area contributed by atoms with Gasteiger partial charge < -0.3 is 29.4 Å². The third kappa shape index (κ3) is 8.68. The minimum absolute atomic E-state index is 0.0211. The Morgan fingerprint density at radius 3 is 2.60 bits per heavy atom. The predicted molar refractivity (Wildman–Crippen MR) is 240 cm³/mol. The Labute approximate surface area is 367 Å². The number of amides is 1. The second kappa shape index (κ2) is 17.1. The molecule has 9 rings (SSSR count). The summed E-state index contributed by atoms with van der Waals surface area (Å²) in [5.41, 5.74) is 4.26. The summed E-state index contributed by atoms with van der Waals surface area (Å²) in [6.45, 7) is 11.5. The van der Waals surface area contributed by atoms with Gasteiger partial charge in [0.25, 0.3) is 21.6 Å². The highest BCUT2D eigenvalue weighted by Crippen LogP contribution is 2.54. The van der Waals surface area contributed by atoms with Gasteiger partial charge in [0.1, 0.15) is 23.8 Å². The molecule has 63 heavy (non-hydrogen) atoms. The molecule has 5 heterocycles. The van der Waals surface area contributed by atoms with Crippen molar-refractivity contribution in [2.75, 3.05) is 43.1 Å². The summed E-state index contributed by atoms with van der Waals surface area (Å²) in [5.74, 6) is 0.00413. The molecule has 332 valence electrons. The van der Waals surface area contributed by atoms with Crippen molar-refractivity contribution in [3.8, 4) is 17.2 Å². The van der Waals surface area contributed by atoms with E-state index in [0.29, 0.717) is 34.8 Å². The van der Waals surface area contributed by atoms with Crippen LogP contribution in [0.4, 0.5) is 17.1 Å². The topological polar surface area (TPSA) is 181 Å². The molecule has 3 aromatic carbocycles. The van der Waals surface area contributed by atoms with Crippen LogP contribution in [0.1, 0.15) is 99.7 Å². The number of hydrogen-bond donors (Lipinski definition) is 3. The van der Waals surface area contributed by atoms with Gasteiger partial charge >= 0.3 is 0 Å². The number of benzene rings is 3. The number of pyridine rings is 1. The fourth-order valence-corrected chi connectivity index (χ4v) is 11.0. The number of H-pyrrole nitrogens is 1. The van der Waals surface area contributed by atoms with Gasteiger partial charge in [-0.05, 0) is 106 Å². The van der Waals surface area contributed by atoms with Crippen LogP contribution in [0, 0.1) is 15.5 Å². The van der Waals surface area contributed by atoms with Gasteiger partial charge in [0.05, 0.1) is 40.3 Å². The quantitative estimate of drug-likeness (QED) is 0.0758. The number of aromatic amines is 1. The molecule has 0 radical (unpaired) electrons. The highest BCUT2D eigenvalue weighted by molar-refractivity contribution is 7.90. The van der Waals surface area contributed by atoms with Crippen LogP contribution >= 0.6 is 0 Å². The van der Waals surface area contributed by atoms with Crippen LogP contribution in [0.15, 0.2) is 84.0 Å². The zero-order valence-corrected chi connectivity index (χ0v) is 37.0. The standard InChI is InChI=1S/C47H55N7O8S/c1-29(2)37-8-5-6-9-38(37)40-10-7-17-53(40)34-24-47(25-34)14-18-52(19-15-47)33-11-12-39(42(21-33)62-35-20-31-13-16-48-45(31)49-26-35)46(55)51-63(58,59)36-22-41(54(56)57)44-43(23-36)61-28-32(50-44)27-60-30(3)4/h5-6,8-9,11-13,16,20-23,26,29-30,32,34,40,50H,7,10,14-15,17-19,24-25,27-28H2,1-4H3,(H,48,49)(H,51,55)/t32-,40-/m0/s1. The first-order chi connectivity index (χ1) is 30.3. The second-order valence-corrected chi connectivity index (χ2v) is 19.8. The lowest BCUT2D eigenvalue weighted by molar-refractivity contribution is -0.384. The van der Waals surface area contributed by atoms with E-state index < -0.39 is 37.5 Å². The van der Waals surface area contributed by atoms with Gasteiger partial charge in [-0.2, -0.15) is 0 Å². The van der Waals surface area contributed by atoms with Crippen LogP contribution in [-0.2, 0) is 14.8 Å². The predicted octanol–water partition coefficient (Wildman–Crippen LogP) is 8.69. The van der Waals surface area contributed by atoms with Gasteiger partial charge in [0, 0.05) is 60.6 Å². The largest absolute Gasteiger partial charge is 0.489 e. The lowest BCUT2D eigenvalue weighted by Gasteiger charge is -2.56. The van der Waals surface area contributed by atoms with Gasteiger partial charge in [-0.1, -0.05) is 38.1 Å². The molecule has 2 saturated heterocycles.